The van der Waals surface area contributed by atoms with Crippen molar-refractivity contribution in [3.05, 3.63) is 71.9 Å². The van der Waals surface area contributed by atoms with Gasteiger partial charge in [0.15, 0.2) is 0 Å². The fourth-order valence-electron chi connectivity index (χ4n) is 2.61. The van der Waals surface area contributed by atoms with Gasteiger partial charge in [-0.25, -0.2) is 0 Å². The first-order valence-electron chi connectivity index (χ1n) is 7.38. The SMILES string of the molecule is O=C(Nc1ccc2ncccc2c1)C1=Cc2ccccc2OC1. The Labute approximate surface area is 133 Å². The lowest BCUT2D eigenvalue weighted by Crippen LogP contribution is -2.21. The van der Waals surface area contributed by atoms with Gasteiger partial charge >= 0.3 is 0 Å². The van der Waals surface area contributed by atoms with Crippen LogP contribution in [0.4, 0.5) is 5.69 Å². The Morgan fingerprint density at radius 1 is 1.09 bits per heavy atom. The highest BCUT2D eigenvalue weighted by Crippen LogP contribution is 2.26. The monoisotopic (exact) mass is 302 g/mol. The molecule has 2 heterocycles. The highest BCUT2D eigenvalue weighted by Gasteiger charge is 2.17. The molecule has 1 aromatic heterocycles. The molecule has 0 fully saturated rings. The summed E-state index contributed by atoms with van der Waals surface area (Å²) >= 11 is 0. The van der Waals surface area contributed by atoms with Crippen LogP contribution in [0.15, 0.2) is 66.4 Å². The van der Waals surface area contributed by atoms with Crippen LogP contribution in [0.3, 0.4) is 0 Å². The largest absolute Gasteiger partial charge is 0.488 e. The fourth-order valence-corrected chi connectivity index (χ4v) is 2.61. The number of carbonyl (C=O) groups excluding carboxylic acids is 1. The maximum atomic E-state index is 12.4. The van der Waals surface area contributed by atoms with Crippen molar-refractivity contribution in [1.82, 2.24) is 4.98 Å². The Bertz CT molecular complexity index is 931. The van der Waals surface area contributed by atoms with Gasteiger partial charge in [0.05, 0.1) is 11.1 Å². The van der Waals surface area contributed by atoms with E-state index >= 15 is 0 Å². The maximum absolute atomic E-state index is 12.4. The van der Waals surface area contributed by atoms with Gasteiger partial charge in [-0.15, -0.1) is 0 Å². The molecule has 0 atom stereocenters. The molecule has 23 heavy (non-hydrogen) atoms. The van der Waals surface area contributed by atoms with E-state index in [1.54, 1.807) is 6.20 Å². The number of fused-ring (bicyclic) bond motifs is 2. The summed E-state index contributed by atoms with van der Waals surface area (Å²) in [5.41, 5.74) is 3.18. The minimum absolute atomic E-state index is 0.150. The molecular weight excluding hydrogens is 288 g/mol. The van der Waals surface area contributed by atoms with Crippen LogP contribution >= 0.6 is 0 Å². The normalized spacial score (nSPS) is 13.0. The van der Waals surface area contributed by atoms with E-state index in [1.807, 2.05) is 60.7 Å². The Hall–Kier alpha value is -3.14. The summed E-state index contributed by atoms with van der Waals surface area (Å²) in [7, 11) is 0. The van der Waals surface area contributed by atoms with Crippen molar-refractivity contribution >= 4 is 28.6 Å². The van der Waals surface area contributed by atoms with Gasteiger partial charge in [-0.2, -0.15) is 0 Å². The molecule has 2 aromatic carbocycles. The molecule has 4 rings (SSSR count). The molecule has 0 aliphatic carbocycles. The number of nitrogens with zero attached hydrogens (tertiary/aromatic N) is 1. The summed E-state index contributed by atoms with van der Waals surface area (Å²) in [6.45, 7) is 0.276. The van der Waals surface area contributed by atoms with Crippen LogP contribution in [-0.4, -0.2) is 17.5 Å². The number of anilines is 1. The molecule has 0 saturated heterocycles. The standard InChI is InChI=1S/C19H14N2O2/c22-19(15-10-14-4-1-2-6-18(14)23-12-15)21-16-7-8-17-13(11-16)5-3-9-20-17/h1-11H,12H2,(H,21,22). The fraction of sp³-hybridized carbons (Fsp3) is 0.0526. The summed E-state index contributed by atoms with van der Waals surface area (Å²) < 4.78 is 5.63. The summed E-state index contributed by atoms with van der Waals surface area (Å²) in [6, 6.07) is 17.2. The van der Waals surface area contributed by atoms with E-state index in [2.05, 4.69) is 10.3 Å². The third kappa shape index (κ3) is 2.66. The van der Waals surface area contributed by atoms with Crippen molar-refractivity contribution in [2.45, 2.75) is 0 Å². The predicted molar refractivity (Wildman–Crippen MR) is 90.3 cm³/mol. The van der Waals surface area contributed by atoms with Gasteiger partial charge in [0.25, 0.3) is 5.91 Å². The summed E-state index contributed by atoms with van der Waals surface area (Å²) in [5.74, 6) is 0.656. The second-order valence-electron chi connectivity index (χ2n) is 5.36. The molecule has 3 aromatic rings. The quantitative estimate of drug-likeness (QED) is 0.786. The van der Waals surface area contributed by atoms with Crippen LogP contribution < -0.4 is 10.1 Å². The van der Waals surface area contributed by atoms with Crippen molar-refractivity contribution in [3.63, 3.8) is 0 Å². The molecule has 0 radical (unpaired) electrons. The van der Waals surface area contributed by atoms with Gasteiger partial charge in [0.1, 0.15) is 12.4 Å². The van der Waals surface area contributed by atoms with Crippen LogP contribution in [-0.2, 0) is 4.79 Å². The van der Waals surface area contributed by atoms with Crippen molar-refractivity contribution in [3.8, 4) is 5.75 Å². The van der Waals surface area contributed by atoms with E-state index in [0.29, 0.717) is 5.57 Å². The number of rotatable bonds is 2. The minimum atomic E-state index is -0.150. The molecule has 0 saturated carbocycles. The van der Waals surface area contributed by atoms with Crippen molar-refractivity contribution in [1.29, 1.82) is 0 Å². The summed E-state index contributed by atoms with van der Waals surface area (Å²) in [6.07, 6.45) is 3.62. The van der Waals surface area contributed by atoms with E-state index < -0.39 is 0 Å². The Morgan fingerprint density at radius 3 is 2.96 bits per heavy atom. The van der Waals surface area contributed by atoms with Gasteiger partial charge in [0, 0.05) is 22.8 Å². The molecule has 0 spiro atoms. The number of hydrogen-bond donors (Lipinski definition) is 1. The Morgan fingerprint density at radius 2 is 2.00 bits per heavy atom. The first kappa shape index (κ1) is 13.5. The van der Waals surface area contributed by atoms with Crippen molar-refractivity contribution < 1.29 is 9.53 Å². The van der Waals surface area contributed by atoms with Crippen LogP contribution in [0.25, 0.3) is 17.0 Å². The topological polar surface area (TPSA) is 51.2 Å². The highest BCUT2D eigenvalue weighted by atomic mass is 16.5. The number of amides is 1. The Balaban J connectivity index is 1.59. The second kappa shape index (κ2) is 5.57. The molecule has 4 nitrogen and oxygen atoms in total. The zero-order chi connectivity index (χ0) is 15.6. The Kier molecular flexibility index (Phi) is 3.27. The van der Waals surface area contributed by atoms with Crippen LogP contribution in [0.2, 0.25) is 0 Å². The van der Waals surface area contributed by atoms with Crippen LogP contribution in [0.5, 0.6) is 5.75 Å². The molecule has 0 unspecified atom stereocenters. The molecule has 1 N–H and O–H groups in total. The zero-order valence-corrected chi connectivity index (χ0v) is 12.3. The average molecular weight is 302 g/mol. The van der Waals surface area contributed by atoms with Gasteiger partial charge in [0.2, 0.25) is 0 Å². The molecule has 1 aliphatic heterocycles. The third-order valence-electron chi connectivity index (χ3n) is 3.78. The number of pyridine rings is 1. The van der Waals surface area contributed by atoms with Crippen LogP contribution in [0, 0.1) is 0 Å². The first-order valence-corrected chi connectivity index (χ1v) is 7.38. The van der Waals surface area contributed by atoms with E-state index in [9.17, 15) is 4.79 Å². The molecular formula is C19H14N2O2. The van der Waals surface area contributed by atoms with Gasteiger partial charge in [-0.1, -0.05) is 24.3 Å². The lowest BCUT2D eigenvalue weighted by Gasteiger charge is -2.17. The maximum Gasteiger partial charge on any atom is 0.255 e. The number of nitrogens with one attached hydrogen (secondary N) is 1. The molecule has 112 valence electrons. The minimum Gasteiger partial charge on any atom is -0.488 e. The number of benzene rings is 2. The zero-order valence-electron chi connectivity index (χ0n) is 12.3. The molecule has 1 aliphatic rings. The van der Waals surface area contributed by atoms with E-state index in [1.165, 1.54) is 0 Å². The number of ether oxygens (including phenoxy) is 1. The van der Waals surface area contributed by atoms with Gasteiger partial charge < -0.3 is 10.1 Å². The number of carbonyl (C=O) groups is 1. The van der Waals surface area contributed by atoms with E-state index in [0.717, 1.165) is 27.9 Å². The average Bonchev–Trinajstić information content (AvgIpc) is 2.61. The van der Waals surface area contributed by atoms with Crippen LogP contribution in [0.1, 0.15) is 5.56 Å². The summed E-state index contributed by atoms with van der Waals surface area (Å²) in [4.78, 5) is 16.7. The molecule has 1 amide bonds. The lowest BCUT2D eigenvalue weighted by molar-refractivity contribution is -0.113. The predicted octanol–water partition coefficient (Wildman–Crippen LogP) is 3.65. The first-order chi connectivity index (χ1) is 11.3. The van der Waals surface area contributed by atoms with Gasteiger partial charge in [-0.05, 0) is 36.4 Å². The highest BCUT2D eigenvalue weighted by molar-refractivity contribution is 6.08. The molecule has 0 bridgehead atoms. The smallest absolute Gasteiger partial charge is 0.255 e. The number of para-hydroxylation sites is 1. The van der Waals surface area contributed by atoms with Crippen molar-refractivity contribution in [2.24, 2.45) is 0 Å². The molecule has 4 heteroatoms. The van der Waals surface area contributed by atoms with Crippen molar-refractivity contribution in [2.75, 3.05) is 11.9 Å². The van der Waals surface area contributed by atoms with Gasteiger partial charge in [-0.3, -0.25) is 9.78 Å². The summed E-state index contributed by atoms with van der Waals surface area (Å²) in [5, 5.41) is 3.91. The number of aromatic nitrogens is 1. The third-order valence-corrected chi connectivity index (χ3v) is 3.78. The van der Waals surface area contributed by atoms with E-state index in [-0.39, 0.29) is 12.5 Å². The number of hydrogen-bond acceptors (Lipinski definition) is 3. The second-order valence-corrected chi connectivity index (χ2v) is 5.36. The van der Waals surface area contributed by atoms with E-state index in [4.69, 9.17) is 4.74 Å². The lowest BCUT2D eigenvalue weighted by atomic mass is 10.1.